The summed E-state index contributed by atoms with van der Waals surface area (Å²) in [7, 11) is 0. The maximum Gasteiger partial charge on any atom is 0.257 e. The zero-order chi connectivity index (χ0) is 14.3. The van der Waals surface area contributed by atoms with Gasteiger partial charge in [0.1, 0.15) is 5.82 Å². The maximum absolute atomic E-state index is 13.8. The van der Waals surface area contributed by atoms with Gasteiger partial charge in [-0.05, 0) is 48.6 Å². The van der Waals surface area contributed by atoms with Crippen molar-refractivity contribution in [3.63, 3.8) is 0 Å². The third-order valence-electron chi connectivity index (χ3n) is 3.70. The van der Waals surface area contributed by atoms with Crippen LogP contribution in [-0.4, -0.2) is 17.4 Å². The number of carbonyl (C=O) groups excluding carboxylic acids is 1. The summed E-state index contributed by atoms with van der Waals surface area (Å²) in [5, 5.41) is 2.41. The summed E-state index contributed by atoms with van der Waals surface area (Å²) in [5.41, 5.74) is 1.21. The lowest BCUT2D eigenvalue weighted by atomic mass is 10.0. The first kappa shape index (κ1) is 13.6. The molecule has 1 aliphatic heterocycles. The quantitative estimate of drug-likeness (QED) is 0.769. The zero-order valence-corrected chi connectivity index (χ0v) is 12.5. The van der Waals surface area contributed by atoms with Crippen molar-refractivity contribution in [1.82, 2.24) is 4.90 Å². The maximum atomic E-state index is 13.8. The molecule has 5 heteroatoms. The summed E-state index contributed by atoms with van der Waals surface area (Å²) in [6, 6.07) is 6.09. The van der Waals surface area contributed by atoms with E-state index in [0.29, 0.717) is 11.6 Å². The molecule has 0 aliphatic carbocycles. The van der Waals surface area contributed by atoms with E-state index in [-0.39, 0.29) is 17.5 Å². The van der Waals surface area contributed by atoms with Gasteiger partial charge in [-0.3, -0.25) is 4.79 Å². The van der Waals surface area contributed by atoms with Crippen molar-refractivity contribution >= 4 is 28.8 Å². The Morgan fingerprint density at radius 3 is 3.05 bits per heavy atom. The first-order valence-electron chi connectivity index (χ1n) is 6.40. The van der Waals surface area contributed by atoms with E-state index >= 15 is 0 Å². The lowest BCUT2D eigenvalue weighted by Crippen LogP contribution is -2.38. The Balaban J connectivity index is 1.94. The molecule has 1 atom stereocenters. The van der Waals surface area contributed by atoms with Gasteiger partial charge in [-0.25, -0.2) is 4.39 Å². The summed E-state index contributed by atoms with van der Waals surface area (Å²) in [6.45, 7) is 2.59. The molecule has 1 aromatic carbocycles. The second-order valence-electron chi connectivity index (χ2n) is 4.85. The van der Waals surface area contributed by atoms with E-state index in [4.69, 9.17) is 11.6 Å². The predicted molar refractivity (Wildman–Crippen MR) is 78.9 cm³/mol. The topological polar surface area (TPSA) is 20.3 Å². The van der Waals surface area contributed by atoms with Crippen LogP contribution < -0.4 is 0 Å². The van der Waals surface area contributed by atoms with Gasteiger partial charge in [0.25, 0.3) is 5.91 Å². The number of carbonyl (C=O) groups is 1. The van der Waals surface area contributed by atoms with Gasteiger partial charge in [-0.1, -0.05) is 11.6 Å². The lowest BCUT2D eigenvalue weighted by Gasteiger charge is -2.33. The molecule has 2 heterocycles. The Labute approximate surface area is 125 Å². The fourth-order valence-electron chi connectivity index (χ4n) is 2.60. The van der Waals surface area contributed by atoms with E-state index in [1.165, 1.54) is 23.1 Å². The molecule has 1 aromatic heterocycles. The van der Waals surface area contributed by atoms with Gasteiger partial charge < -0.3 is 4.90 Å². The van der Waals surface area contributed by atoms with Crippen molar-refractivity contribution in [2.24, 2.45) is 0 Å². The third-order valence-corrected chi connectivity index (χ3v) is 4.93. The molecule has 0 spiro atoms. The van der Waals surface area contributed by atoms with Crippen LogP contribution >= 0.6 is 22.9 Å². The Kier molecular flexibility index (Phi) is 3.52. The van der Waals surface area contributed by atoms with Crippen LogP contribution in [0.15, 0.2) is 29.6 Å². The summed E-state index contributed by atoms with van der Waals surface area (Å²) >= 11 is 7.58. The fourth-order valence-corrected chi connectivity index (χ4v) is 3.74. The molecule has 0 fully saturated rings. The summed E-state index contributed by atoms with van der Waals surface area (Å²) in [4.78, 5) is 15.6. The van der Waals surface area contributed by atoms with Crippen molar-refractivity contribution in [3.8, 4) is 0 Å². The van der Waals surface area contributed by atoms with Gasteiger partial charge in [0, 0.05) is 16.4 Å². The molecule has 1 amide bonds. The number of amides is 1. The van der Waals surface area contributed by atoms with E-state index in [2.05, 4.69) is 0 Å². The van der Waals surface area contributed by atoms with Crippen LogP contribution in [0.2, 0.25) is 5.02 Å². The Morgan fingerprint density at radius 2 is 2.25 bits per heavy atom. The molecular formula is C15H13ClFNOS. The number of thiophene rings is 1. The van der Waals surface area contributed by atoms with Crippen LogP contribution in [0.4, 0.5) is 4.39 Å². The van der Waals surface area contributed by atoms with Crippen molar-refractivity contribution in [2.75, 3.05) is 6.54 Å². The van der Waals surface area contributed by atoms with Crippen LogP contribution in [0, 0.1) is 5.82 Å². The normalized spacial score (nSPS) is 17.9. The van der Waals surface area contributed by atoms with E-state index < -0.39 is 5.82 Å². The number of benzene rings is 1. The van der Waals surface area contributed by atoms with Crippen molar-refractivity contribution < 1.29 is 9.18 Å². The number of halogens is 2. The Hall–Kier alpha value is -1.39. The SMILES string of the molecule is CC1c2ccsc2CCN1C(=O)c1cc(Cl)ccc1F. The van der Waals surface area contributed by atoms with Crippen LogP contribution in [0.25, 0.3) is 0 Å². The smallest absolute Gasteiger partial charge is 0.257 e. The molecule has 20 heavy (non-hydrogen) atoms. The van der Waals surface area contributed by atoms with Gasteiger partial charge in [0.05, 0.1) is 11.6 Å². The number of nitrogens with zero attached hydrogens (tertiary/aromatic N) is 1. The molecule has 104 valence electrons. The minimum absolute atomic E-state index is 0.0316. The zero-order valence-electron chi connectivity index (χ0n) is 10.9. The molecule has 0 saturated heterocycles. The second-order valence-corrected chi connectivity index (χ2v) is 6.28. The van der Waals surface area contributed by atoms with Crippen molar-refractivity contribution in [3.05, 3.63) is 56.5 Å². The Morgan fingerprint density at radius 1 is 1.45 bits per heavy atom. The third kappa shape index (κ3) is 2.23. The average molecular weight is 310 g/mol. The monoisotopic (exact) mass is 309 g/mol. The van der Waals surface area contributed by atoms with Crippen molar-refractivity contribution in [2.45, 2.75) is 19.4 Å². The highest BCUT2D eigenvalue weighted by Crippen LogP contribution is 2.34. The van der Waals surface area contributed by atoms with Crippen LogP contribution in [0.3, 0.4) is 0 Å². The predicted octanol–water partition coefficient (Wildman–Crippen LogP) is 4.30. The number of rotatable bonds is 1. The van der Waals surface area contributed by atoms with Crippen LogP contribution in [0.5, 0.6) is 0 Å². The minimum atomic E-state index is -0.525. The highest BCUT2D eigenvalue weighted by Gasteiger charge is 2.30. The van der Waals surface area contributed by atoms with Gasteiger partial charge in [-0.2, -0.15) is 0 Å². The summed E-state index contributed by atoms with van der Waals surface area (Å²) < 4.78 is 13.8. The van der Waals surface area contributed by atoms with E-state index in [1.807, 2.05) is 18.4 Å². The van der Waals surface area contributed by atoms with E-state index in [1.54, 1.807) is 16.2 Å². The molecule has 0 N–H and O–H groups in total. The van der Waals surface area contributed by atoms with Gasteiger partial charge in [0.15, 0.2) is 0 Å². The van der Waals surface area contributed by atoms with Gasteiger partial charge >= 0.3 is 0 Å². The van der Waals surface area contributed by atoms with E-state index in [9.17, 15) is 9.18 Å². The highest BCUT2D eigenvalue weighted by molar-refractivity contribution is 7.10. The number of hydrogen-bond acceptors (Lipinski definition) is 2. The standard InChI is InChI=1S/C15H13ClFNOS/c1-9-11-5-7-20-14(11)4-6-18(9)15(19)12-8-10(16)2-3-13(12)17/h2-3,5,7-9H,4,6H2,1H3. The first-order valence-corrected chi connectivity index (χ1v) is 7.66. The molecule has 1 unspecified atom stereocenters. The molecule has 2 nitrogen and oxygen atoms in total. The van der Waals surface area contributed by atoms with Crippen LogP contribution in [-0.2, 0) is 6.42 Å². The summed E-state index contributed by atoms with van der Waals surface area (Å²) in [5.74, 6) is -0.822. The van der Waals surface area contributed by atoms with Crippen molar-refractivity contribution in [1.29, 1.82) is 0 Å². The molecule has 2 aromatic rings. The number of hydrogen-bond donors (Lipinski definition) is 0. The average Bonchev–Trinajstić information content (AvgIpc) is 2.90. The molecule has 1 aliphatic rings. The van der Waals surface area contributed by atoms with Crippen LogP contribution in [0.1, 0.15) is 33.8 Å². The van der Waals surface area contributed by atoms with Gasteiger partial charge in [0.2, 0.25) is 0 Å². The van der Waals surface area contributed by atoms with Gasteiger partial charge in [-0.15, -0.1) is 11.3 Å². The van der Waals surface area contributed by atoms with E-state index in [0.717, 1.165) is 12.0 Å². The Bertz CT molecular complexity index is 670. The molecular weight excluding hydrogens is 297 g/mol. The lowest BCUT2D eigenvalue weighted by molar-refractivity contribution is 0.0674. The fraction of sp³-hybridized carbons (Fsp3) is 0.267. The molecule has 3 rings (SSSR count). The highest BCUT2D eigenvalue weighted by atomic mass is 35.5. The first-order chi connectivity index (χ1) is 9.58. The minimum Gasteiger partial charge on any atom is -0.331 e. The molecule has 0 radical (unpaired) electrons. The summed E-state index contributed by atoms with van der Waals surface area (Å²) in [6.07, 6.45) is 0.825. The second kappa shape index (κ2) is 5.19. The molecule has 0 bridgehead atoms. The number of fused-ring (bicyclic) bond motifs is 1. The molecule has 0 saturated carbocycles. The largest absolute Gasteiger partial charge is 0.331 e.